The Hall–Kier alpha value is -4.40. The lowest BCUT2D eigenvalue weighted by atomic mass is 10.0. The first kappa shape index (κ1) is 21.4. The molecular weight excluding hydrogens is 447 g/mol. The summed E-state index contributed by atoms with van der Waals surface area (Å²) in [5.41, 5.74) is 2.12. The van der Waals surface area contributed by atoms with E-state index in [0.29, 0.717) is 33.7 Å². The van der Waals surface area contributed by atoms with Gasteiger partial charge in [-0.25, -0.2) is 0 Å². The molecule has 0 unspecified atom stereocenters. The van der Waals surface area contributed by atoms with Gasteiger partial charge in [-0.2, -0.15) is 4.98 Å². The Morgan fingerprint density at radius 1 is 0.912 bits per heavy atom. The summed E-state index contributed by atoms with van der Waals surface area (Å²) in [4.78, 5) is 22.4. The second-order valence-corrected chi connectivity index (χ2v) is 7.42. The van der Waals surface area contributed by atoms with Crippen LogP contribution in [0.1, 0.15) is 0 Å². The Morgan fingerprint density at radius 3 is 2.44 bits per heavy atom. The van der Waals surface area contributed by atoms with E-state index in [9.17, 15) is 18.0 Å². The molecule has 0 bridgehead atoms. The molecule has 3 aromatic heterocycles. The fourth-order valence-corrected chi connectivity index (χ4v) is 3.77. The van der Waals surface area contributed by atoms with Gasteiger partial charge in [0.1, 0.15) is 5.75 Å². The lowest BCUT2D eigenvalue weighted by molar-refractivity contribution is -0.274. The zero-order valence-electron chi connectivity index (χ0n) is 17.7. The van der Waals surface area contributed by atoms with Crippen molar-refractivity contribution in [2.75, 3.05) is 7.11 Å². The molecule has 170 valence electrons. The second kappa shape index (κ2) is 8.18. The van der Waals surface area contributed by atoms with Gasteiger partial charge < -0.3 is 9.47 Å². The molecule has 0 fully saturated rings. The van der Waals surface area contributed by atoms with Crippen molar-refractivity contribution in [3.63, 3.8) is 0 Å². The second-order valence-electron chi connectivity index (χ2n) is 7.42. The van der Waals surface area contributed by atoms with Gasteiger partial charge >= 0.3 is 6.36 Å². The summed E-state index contributed by atoms with van der Waals surface area (Å²) in [7, 11) is 1.46. The Morgan fingerprint density at radius 2 is 1.71 bits per heavy atom. The highest BCUT2D eigenvalue weighted by Gasteiger charge is 2.31. The molecule has 0 saturated heterocycles. The summed E-state index contributed by atoms with van der Waals surface area (Å²) < 4.78 is 48.2. The number of hydrogen-bond donors (Lipinski definition) is 0. The van der Waals surface area contributed by atoms with E-state index in [2.05, 4.69) is 14.7 Å². The molecule has 0 spiro atoms. The van der Waals surface area contributed by atoms with Crippen LogP contribution in [0, 0.1) is 0 Å². The third-order valence-corrected chi connectivity index (χ3v) is 5.28. The SMILES string of the molecule is COc1ccc2cc(-c3ccc4ncccc4c3)c(=O)n(-c3ccc(OC(F)(F)F)cc3)c2n1. The normalized spacial score (nSPS) is 11.6. The number of fused-ring (bicyclic) bond motifs is 2. The van der Waals surface area contributed by atoms with Crippen molar-refractivity contribution in [3.05, 3.63) is 89.3 Å². The molecule has 0 radical (unpaired) electrons. The molecular formula is C25H16F3N3O3. The maximum atomic E-state index is 13.7. The maximum absolute atomic E-state index is 13.7. The minimum Gasteiger partial charge on any atom is -0.481 e. The van der Waals surface area contributed by atoms with Gasteiger partial charge in [-0.15, -0.1) is 13.2 Å². The molecule has 0 amide bonds. The highest BCUT2D eigenvalue weighted by Crippen LogP contribution is 2.28. The predicted molar refractivity (Wildman–Crippen MR) is 121 cm³/mol. The first-order chi connectivity index (χ1) is 16.3. The van der Waals surface area contributed by atoms with E-state index in [-0.39, 0.29) is 5.56 Å². The van der Waals surface area contributed by atoms with E-state index in [0.717, 1.165) is 23.0 Å². The molecule has 0 atom stereocenters. The van der Waals surface area contributed by atoms with E-state index in [1.165, 1.54) is 23.8 Å². The fraction of sp³-hybridized carbons (Fsp3) is 0.0800. The Kier molecular flexibility index (Phi) is 5.16. The van der Waals surface area contributed by atoms with Gasteiger partial charge in [-0.05, 0) is 60.2 Å². The van der Waals surface area contributed by atoms with E-state index >= 15 is 0 Å². The summed E-state index contributed by atoms with van der Waals surface area (Å²) in [6, 6.07) is 19.4. The van der Waals surface area contributed by atoms with E-state index < -0.39 is 12.1 Å². The van der Waals surface area contributed by atoms with Crippen molar-refractivity contribution in [1.29, 1.82) is 0 Å². The summed E-state index contributed by atoms with van der Waals surface area (Å²) in [5, 5.41) is 1.52. The molecule has 2 aromatic carbocycles. The summed E-state index contributed by atoms with van der Waals surface area (Å²) in [6.45, 7) is 0. The van der Waals surface area contributed by atoms with Crippen LogP contribution in [-0.2, 0) is 0 Å². The Labute approximate surface area is 190 Å². The van der Waals surface area contributed by atoms with Gasteiger partial charge in [-0.1, -0.05) is 12.1 Å². The van der Waals surface area contributed by atoms with Gasteiger partial charge in [0.15, 0.2) is 5.65 Å². The summed E-state index contributed by atoms with van der Waals surface area (Å²) >= 11 is 0. The van der Waals surface area contributed by atoms with E-state index in [1.54, 1.807) is 30.5 Å². The number of benzene rings is 2. The molecule has 0 aliphatic rings. The average molecular weight is 463 g/mol. The van der Waals surface area contributed by atoms with Crippen LogP contribution < -0.4 is 15.0 Å². The zero-order valence-corrected chi connectivity index (χ0v) is 17.7. The first-order valence-corrected chi connectivity index (χ1v) is 10.1. The quantitative estimate of drug-likeness (QED) is 0.352. The Bertz CT molecular complexity index is 1580. The number of methoxy groups -OCH3 is 1. The Balaban J connectivity index is 1.73. The molecule has 6 nitrogen and oxygen atoms in total. The molecule has 0 N–H and O–H groups in total. The van der Waals surface area contributed by atoms with Crippen molar-refractivity contribution in [2.45, 2.75) is 6.36 Å². The summed E-state index contributed by atoms with van der Waals surface area (Å²) in [6.07, 6.45) is -3.12. The standard InChI is InChI=1S/C25H16F3N3O3/c1-33-22-11-5-17-14-20(15-4-10-21-16(13-15)3-2-12-29-21)24(32)31(23(17)30-22)18-6-8-19(9-7-18)34-25(26,27)28/h2-14H,1H3. The molecule has 9 heteroatoms. The first-order valence-electron chi connectivity index (χ1n) is 10.1. The number of hydrogen-bond acceptors (Lipinski definition) is 5. The predicted octanol–water partition coefficient (Wildman–Crippen LogP) is 5.51. The van der Waals surface area contributed by atoms with Gasteiger partial charge in [-0.3, -0.25) is 14.3 Å². The number of halogens is 3. The third kappa shape index (κ3) is 4.03. The molecule has 0 aliphatic heterocycles. The van der Waals surface area contributed by atoms with Crippen LogP contribution in [0.2, 0.25) is 0 Å². The molecule has 5 rings (SSSR count). The van der Waals surface area contributed by atoms with Crippen molar-refractivity contribution in [1.82, 2.24) is 14.5 Å². The highest BCUT2D eigenvalue weighted by atomic mass is 19.4. The van der Waals surface area contributed by atoms with E-state index in [1.807, 2.05) is 24.3 Å². The maximum Gasteiger partial charge on any atom is 0.573 e. The molecule has 34 heavy (non-hydrogen) atoms. The van der Waals surface area contributed by atoms with Gasteiger partial charge in [0, 0.05) is 28.6 Å². The summed E-state index contributed by atoms with van der Waals surface area (Å²) in [5.74, 6) is -0.0977. The minimum atomic E-state index is -4.81. The fourth-order valence-electron chi connectivity index (χ4n) is 3.77. The number of rotatable bonds is 4. The number of ether oxygens (including phenoxy) is 2. The molecule has 3 heterocycles. The monoisotopic (exact) mass is 463 g/mol. The third-order valence-electron chi connectivity index (χ3n) is 5.28. The lowest BCUT2D eigenvalue weighted by Crippen LogP contribution is -2.21. The van der Waals surface area contributed by atoms with Crippen LogP contribution in [0.25, 0.3) is 38.8 Å². The largest absolute Gasteiger partial charge is 0.573 e. The number of nitrogens with zero attached hydrogens (tertiary/aromatic N) is 3. The molecule has 0 aliphatic carbocycles. The number of aromatic nitrogens is 3. The van der Waals surface area contributed by atoms with Crippen LogP contribution in [-0.4, -0.2) is 28.0 Å². The van der Waals surface area contributed by atoms with Crippen LogP contribution in [0.4, 0.5) is 13.2 Å². The van der Waals surface area contributed by atoms with Gasteiger partial charge in [0.2, 0.25) is 5.88 Å². The average Bonchev–Trinajstić information content (AvgIpc) is 2.83. The van der Waals surface area contributed by atoms with Crippen molar-refractivity contribution in [3.8, 4) is 28.4 Å². The number of pyridine rings is 3. The minimum absolute atomic E-state index is 0.294. The van der Waals surface area contributed by atoms with Crippen LogP contribution in [0.3, 0.4) is 0 Å². The van der Waals surface area contributed by atoms with Crippen LogP contribution in [0.15, 0.2) is 83.8 Å². The number of alkyl halides is 3. The van der Waals surface area contributed by atoms with Crippen LogP contribution >= 0.6 is 0 Å². The topological polar surface area (TPSA) is 66.2 Å². The van der Waals surface area contributed by atoms with Crippen LogP contribution in [0.5, 0.6) is 11.6 Å². The van der Waals surface area contributed by atoms with E-state index in [4.69, 9.17) is 4.74 Å². The zero-order chi connectivity index (χ0) is 23.9. The molecule has 5 aromatic rings. The van der Waals surface area contributed by atoms with Crippen molar-refractivity contribution in [2.24, 2.45) is 0 Å². The van der Waals surface area contributed by atoms with Crippen molar-refractivity contribution < 1.29 is 22.6 Å². The lowest BCUT2D eigenvalue weighted by Gasteiger charge is -2.14. The van der Waals surface area contributed by atoms with Gasteiger partial charge in [0.25, 0.3) is 5.56 Å². The highest BCUT2D eigenvalue weighted by molar-refractivity contribution is 5.88. The molecule has 0 saturated carbocycles. The van der Waals surface area contributed by atoms with Gasteiger partial charge in [0.05, 0.1) is 18.3 Å². The van der Waals surface area contributed by atoms with Crippen molar-refractivity contribution >= 4 is 21.9 Å². The smallest absolute Gasteiger partial charge is 0.481 e.